The molecule has 3 nitrogen and oxygen atoms in total. The minimum atomic E-state index is 0.00961. The van der Waals surface area contributed by atoms with E-state index in [1.165, 1.54) is 11.1 Å². The normalized spacial score (nSPS) is 13.4. The monoisotopic (exact) mass is 316 g/mol. The topological polar surface area (TPSA) is 46.3 Å². The number of nitrogens with two attached hydrogens (primary N) is 1. The number of carbonyl (C=O) groups is 1. The van der Waals surface area contributed by atoms with E-state index in [0.717, 1.165) is 0 Å². The molecule has 0 saturated heterocycles. The summed E-state index contributed by atoms with van der Waals surface area (Å²) in [6, 6.07) is 13.5. The Hall–Kier alpha value is -1.81. The molecule has 0 saturated carbocycles. The number of halogens is 1. The summed E-state index contributed by atoms with van der Waals surface area (Å²) in [6.07, 6.45) is 0. The summed E-state index contributed by atoms with van der Waals surface area (Å²) in [5.41, 5.74) is 9.46. The molecule has 0 radical (unpaired) electrons. The second-order valence-corrected chi connectivity index (χ2v) is 5.43. The first-order chi connectivity index (χ1) is 9.16. The molecule has 0 aliphatic carbocycles. The molecule has 2 aromatic rings. The van der Waals surface area contributed by atoms with Gasteiger partial charge in [-0.25, -0.2) is 0 Å². The zero-order valence-corrected chi connectivity index (χ0v) is 11.9. The molecule has 19 heavy (non-hydrogen) atoms. The Morgan fingerprint density at radius 2 is 1.68 bits per heavy atom. The van der Waals surface area contributed by atoms with Crippen molar-refractivity contribution >= 4 is 27.5 Å². The van der Waals surface area contributed by atoms with E-state index in [0.29, 0.717) is 28.8 Å². The summed E-state index contributed by atoms with van der Waals surface area (Å²) >= 11 is 3.39. The zero-order valence-electron chi connectivity index (χ0n) is 10.3. The van der Waals surface area contributed by atoms with Crippen LogP contribution in [0.1, 0.15) is 21.5 Å². The number of hydrogen-bond donors (Lipinski definition) is 1. The van der Waals surface area contributed by atoms with Gasteiger partial charge in [0.25, 0.3) is 5.91 Å². The molecule has 4 heteroatoms. The molecule has 1 heterocycles. The number of anilines is 1. The van der Waals surface area contributed by atoms with E-state index in [1.807, 2.05) is 17.0 Å². The van der Waals surface area contributed by atoms with Gasteiger partial charge < -0.3 is 10.6 Å². The predicted molar refractivity (Wildman–Crippen MR) is 78.6 cm³/mol. The fourth-order valence-corrected chi connectivity index (χ4v) is 2.80. The summed E-state index contributed by atoms with van der Waals surface area (Å²) in [6.45, 7) is 1.33. The highest BCUT2D eigenvalue weighted by molar-refractivity contribution is 9.10. The van der Waals surface area contributed by atoms with Crippen LogP contribution in [-0.2, 0) is 13.1 Å². The van der Waals surface area contributed by atoms with Gasteiger partial charge in [0.15, 0.2) is 0 Å². The van der Waals surface area contributed by atoms with Crippen molar-refractivity contribution in [2.75, 3.05) is 5.73 Å². The first-order valence-electron chi connectivity index (χ1n) is 6.07. The minimum Gasteiger partial charge on any atom is -0.398 e. The van der Waals surface area contributed by atoms with Gasteiger partial charge in [-0.2, -0.15) is 0 Å². The molecule has 0 fully saturated rings. The number of rotatable bonds is 1. The molecule has 1 amide bonds. The van der Waals surface area contributed by atoms with Gasteiger partial charge in [0.1, 0.15) is 0 Å². The third-order valence-electron chi connectivity index (χ3n) is 3.39. The lowest BCUT2D eigenvalue weighted by Crippen LogP contribution is -2.25. The largest absolute Gasteiger partial charge is 0.398 e. The van der Waals surface area contributed by atoms with E-state index in [-0.39, 0.29) is 5.91 Å². The molecule has 0 aromatic heterocycles. The van der Waals surface area contributed by atoms with Crippen LogP contribution in [0.2, 0.25) is 0 Å². The van der Waals surface area contributed by atoms with Gasteiger partial charge in [0, 0.05) is 18.8 Å². The fraction of sp³-hybridized carbons (Fsp3) is 0.133. The molecule has 3 rings (SSSR count). The van der Waals surface area contributed by atoms with Gasteiger partial charge in [-0.3, -0.25) is 4.79 Å². The number of fused-ring (bicyclic) bond motifs is 1. The molecular formula is C15H13BrN2O. The van der Waals surface area contributed by atoms with Crippen molar-refractivity contribution in [2.45, 2.75) is 13.1 Å². The number of nitrogens with zero attached hydrogens (tertiary/aromatic N) is 1. The van der Waals surface area contributed by atoms with Gasteiger partial charge in [-0.05, 0) is 39.2 Å². The van der Waals surface area contributed by atoms with Crippen LogP contribution in [0.15, 0.2) is 46.9 Å². The molecule has 0 unspecified atom stereocenters. The zero-order chi connectivity index (χ0) is 13.4. The Morgan fingerprint density at radius 3 is 2.32 bits per heavy atom. The Labute approximate surface area is 120 Å². The predicted octanol–water partition coefficient (Wildman–Crippen LogP) is 3.19. The average Bonchev–Trinajstić information content (AvgIpc) is 2.85. The van der Waals surface area contributed by atoms with Crippen molar-refractivity contribution in [3.8, 4) is 0 Å². The Kier molecular flexibility index (Phi) is 3.03. The van der Waals surface area contributed by atoms with Crippen LogP contribution in [-0.4, -0.2) is 10.8 Å². The number of nitrogen functional groups attached to an aromatic ring is 1. The van der Waals surface area contributed by atoms with Crippen LogP contribution in [0, 0.1) is 0 Å². The summed E-state index contributed by atoms with van der Waals surface area (Å²) in [4.78, 5) is 14.4. The van der Waals surface area contributed by atoms with Crippen LogP contribution in [0.4, 0.5) is 5.69 Å². The van der Waals surface area contributed by atoms with Crippen LogP contribution in [0.5, 0.6) is 0 Å². The minimum absolute atomic E-state index is 0.00961. The van der Waals surface area contributed by atoms with Crippen LogP contribution in [0.3, 0.4) is 0 Å². The fourth-order valence-electron chi connectivity index (χ4n) is 2.36. The highest BCUT2D eigenvalue weighted by Gasteiger charge is 2.25. The van der Waals surface area contributed by atoms with Crippen LogP contribution >= 0.6 is 15.9 Å². The molecular weight excluding hydrogens is 304 g/mol. The standard InChI is InChI=1S/C15H13BrN2O/c16-14-12(6-3-7-13(14)17)15(19)18-8-10-4-1-2-5-11(10)9-18/h1-7H,8-9,17H2. The van der Waals surface area contributed by atoms with Crippen molar-refractivity contribution < 1.29 is 4.79 Å². The van der Waals surface area contributed by atoms with Crippen molar-refractivity contribution in [3.05, 3.63) is 63.6 Å². The van der Waals surface area contributed by atoms with Crippen LogP contribution in [0.25, 0.3) is 0 Å². The first kappa shape index (κ1) is 12.2. The van der Waals surface area contributed by atoms with Crippen molar-refractivity contribution in [2.24, 2.45) is 0 Å². The van der Waals surface area contributed by atoms with E-state index in [9.17, 15) is 4.79 Å². The maximum absolute atomic E-state index is 12.5. The molecule has 0 spiro atoms. The first-order valence-corrected chi connectivity index (χ1v) is 6.86. The highest BCUT2D eigenvalue weighted by atomic mass is 79.9. The third-order valence-corrected chi connectivity index (χ3v) is 4.27. The molecule has 2 aromatic carbocycles. The van der Waals surface area contributed by atoms with E-state index in [1.54, 1.807) is 18.2 Å². The second-order valence-electron chi connectivity index (χ2n) is 4.64. The van der Waals surface area contributed by atoms with Crippen molar-refractivity contribution in [3.63, 3.8) is 0 Å². The highest BCUT2D eigenvalue weighted by Crippen LogP contribution is 2.28. The molecule has 2 N–H and O–H groups in total. The summed E-state index contributed by atoms with van der Waals surface area (Å²) in [5, 5.41) is 0. The number of carbonyl (C=O) groups excluding carboxylic acids is 1. The maximum atomic E-state index is 12.5. The molecule has 0 atom stereocenters. The smallest absolute Gasteiger partial charge is 0.255 e. The van der Waals surface area contributed by atoms with Gasteiger partial charge in [0.05, 0.1) is 10.0 Å². The Balaban J connectivity index is 1.89. The van der Waals surface area contributed by atoms with E-state index < -0.39 is 0 Å². The number of hydrogen-bond acceptors (Lipinski definition) is 2. The third kappa shape index (κ3) is 2.12. The SMILES string of the molecule is Nc1cccc(C(=O)N2Cc3ccccc3C2)c1Br. The van der Waals surface area contributed by atoms with Gasteiger partial charge in [0.2, 0.25) is 0 Å². The van der Waals surface area contributed by atoms with Crippen LogP contribution < -0.4 is 5.73 Å². The molecule has 96 valence electrons. The van der Waals surface area contributed by atoms with Gasteiger partial charge >= 0.3 is 0 Å². The Bertz CT molecular complexity index is 629. The Morgan fingerprint density at radius 1 is 1.05 bits per heavy atom. The quantitative estimate of drug-likeness (QED) is 0.821. The lowest BCUT2D eigenvalue weighted by molar-refractivity contribution is 0.0750. The van der Waals surface area contributed by atoms with Gasteiger partial charge in [-0.15, -0.1) is 0 Å². The number of benzene rings is 2. The summed E-state index contributed by atoms with van der Waals surface area (Å²) < 4.78 is 0.677. The van der Waals surface area contributed by atoms with Crippen molar-refractivity contribution in [1.82, 2.24) is 4.90 Å². The second kappa shape index (κ2) is 4.70. The lowest BCUT2D eigenvalue weighted by atomic mass is 10.1. The maximum Gasteiger partial charge on any atom is 0.255 e. The lowest BCUT2D eigenvalue weighted by Gasteiger charge is -2.16. The number of amides is 1. The average molecular weight is 317 g/mol. The van der Waals surface area contributed by atoms with Crippen molar-refractivity contribution in [1.29, 1.82) is 0 Å². The summed E-state index contributed by atoms with van der Waals surface area (Å²) in [5.74, 6) is 0.00961. The molecule has 1 aliphatic heterocycles. The van der Waals surface area contributed by atoms with E-state index in [4.69, 9.17) is 5.73 Å². The van der Waals surface area contributed by atoms with E-state index in [2.05, 4.69) is 28.1 Å². The molecule has 0 bridgehead atoms. The molecule has 1 aliphatic rings. The van der Waals surface area contributed by atoms with Gasteiger partial charge in [-0.1, -0.05) is 30.3 Å². The summed E-state index contributed by atoms with van der Waals surface area (Å²) in [7, 11) is 0. The van der Waals surface area contributed by atoms with E-state index >= 15 is 0 Å².